The molecule has 0 saturated heterocycles. The summed E-state index contributed by atoms with van der Waals surface area (Å²) in [5.74, 6) is 1.54. The van der Waals surface area contributed by atoms with Crippen LogP contribution in [0.4, 0.5) is 0 Å². The molecule has 45 heavy (non-hydrogen) atoms. The molecule has 0 radical (unpaired) electrons. The number of para-hydroxylation sites is 1. The molecule has 0 aliphatic heterocycles. The first kappa shape index (κ1) is 26.3. The van der Waals surface area contributed by atoms with E-state index < -0.39 is 0 Å². The number of aromatic nitrogens is 4. The average Bonchev–Trinajstić information content (AvgIpc) is 3.58. The van der Waals surface area contributed by atoms with Gasteiger partial charge in [-0.2, -0.15) is 0 Å². The minimum Gasteiger partial charge on any atom is -0.294 e. The highest BCUT2D eigenvalue weighted by Crippen LogP contribution is 2.64. The molecule has 3 aliphatic rings. The van der Waals surface area contributed by atoms with E-state index in [1.165, 1.54) is 38.6 Å². The van der Waals surface area contributed by atoms with Crippen molar-refractivity contribution in [2.24, 2.45) is 23.7 Å². The third-order valence-electron chi connectivity index (χ3n) is 10.7. The lowest BCUT2D eigenvalue weighted by molar-refractivity contribution is 0.116. The first-order valence-corrected chi connectivity index (χ1v) is 16.1. The second-order valence-electron chi connectivity index (χ2n) is 12.9. The lowest BCUT2D eigenvalue weighted by Crippen LogP contribution is -2.51. The van der Waals surface area contributed by atoms with Crippen LogP contribution in [0.25, 0.3) is 44.6 Å². The van der Waals surface area contributed by atoms with E-state index in [1.807, 2.05) is 24.7 Å². The van der Waals surface area contributed by atoms with E-state index in [0.717, 1.165) is 29.1 Å². The monoisotopic (exact) mass is 582 g/mol. The topological polar surface area (TPSA) is 43.6 Å². The Kier molecular flexibility index (Phi) is 5.83. The van der Waals surface area contributed by atoms with Crippen molar-refractivity contribution in [2.45, 2.75) is 25.7 Å². The molecule has 4 heterocycles. The maximum atomic E-state index is 4.94. The first-order valence-electron chi connectivity index (χ1n) is 16.1. The highest BCUT2D eigenvalue weighted by molar-refractivity contribution is 6.09. The number of hydrogen-bond acceptors (Lipinski definition) is 3. The standard InChI is InChI=1S/C41H34N4/c1-3-10-33-26(2)23-29-17-16-28(25-36(29)41(33)34-14-8-20-42-38(34)39-35(41)15-9-21-43-39)27-18-19-37-32(24-27)31-13-7-22-44-40(31)45(37)30-11-5-4-6-12-30/h3-22,24-26,29,33,36H,23H2,1-2H3/b10-3-. The van der Waals surface area contributed by atoms with Gasteiger partial charge >= 0.3 is 0 Å². The highest BCUT2D eigenvalue weighted by Gasteiger charge is 2.59. The number of hydrogen-bond donors (Lipinski definition) is 0. The zero-order chi connectivity index (χ0) is 30.1. The summed E-state index contributed by atoms with van der Waals surface area (Å²) < 4.78 is 2.28. The fourth-order valence-electron chi connectivity index (χ4n) is 8.99. The maximum Gasteiger partial charge on any atom is 0.145 e. The fourth-order valence-corrected chi connectivity index (χ4v) is 8.99. The van der Waals surface area contributed by atoms with Crippen molar-refractivity contribution in [1.29, 1.82) is 0 Å². The first-order chi connectivity index (χ1) is 22.2. The number of nitrogens with zero attached hydrogens (tertiary/aromatic N) is 4. The van der Waals surface area contributed by atoms with Crippen LogP contribution in [0.2, 0.25) is 0 Å². The van der Waals surface area contributed by atoms with Gasteiger partial charge in [0.15, 0.2) is 0 Å². The molecule has 218 valence electrons. The quantitative estimate of drug-likeness (QED) is 0.195. The molecule has 4 nitrogen and oxygen atoms in total. The molecule has 0 bridgehead atoms. The molecule has 0 N–H and O–H groups in total. The predicted octanol–water partition coefficient (Wildman–Crippen LogP) is 9.35. The Morgan fingerprint density at radius 2 is 1.53 bits per heavy atom. The van der Waals surface area contributed by atoms with Gasteiger partial charge in [-0.05, 0) is 108 Å². The summed E-state index contributed by atoms with van der Waals surface area (Å²) in [5, 5.41) is 2.39. The van der Waals surface area contributed by atoms with E-state index in [1.54, 1.807) is 0 Å². The van der Waals surface area contributed by atoms with Crippen LogP contribution < -0.4 is 0 Å². The van der Waals surface area contributed by atoms with Gasteiger partial charge in [0.05, 0.1) is 16.9 Å². The lowest BCUT2D eigenvalue weighted by Gasteiger charge is -2.53. The van der Waals surface area contributed by atoms with Crippen LogP contribution in [0.15, 0.2) is 134 Å². The van der Waals surface area contributed by atoms with Crippen molar-refractivity contribution in [1.82, 2.24) is 19.5 Å². The second kappa shape index (κ2) is 9.97. The van der Waals surface area contributed by atoms with Crippen LogP contribution in [-0.2, 0) is 5.41 Å². The Labute approximate surface area is 263 Å². The molecule has 1 saturated carbocycles. The number of fused-ring (bicyclic) bond motifs is 10. The molecule has 0 amide bonds. The van der Waals surface area contributed by atoms with Gasteiger partial charge in [0.25, 0.3) is 0 Å². The molecule has 3 aliphatic carbocycles. The Morgan fingerprint density at radius 3 is 2.29 bits per heavy atom. The van der Waals surface area contributed by atoms with Crippen molar-refractivity contribution in [3.8, 4) is 17.1 Å². The molecule has 1 fully saturated rings. The third kappa shape index (κ3) is 3.63. The van der Waals surface area contributed by atoms with Crippen molar-refractivity contribution < 1.29 is 0 Å². The van der Waals surface area contributed by atoms with Crippen molar-refractivity contribution in [3.05, 3.63) is 151 Å². The van der Waals surface area contributed by atoms with E-state index in [9.17, 15) is 0 Å². The Hall–Kier alpha value is -5.09. The molecule has 4 atom stereocenters. The van der Waals surface area contributed by atoms with Gasteiger partial charge in [0.1, 0.15) is 5.65 Å². The molecule has 1 spiro atoms. The number of rotatable bonds is 3. The van der Waals surface area contributed by atoms with E-state index in [2.05, 4.69) is 128 Å². The largest absolute Gasteiger partial charge is 0.294 e. The summed E-state index contributed by atoms with van der Waals surface area (Å²) in [5.41, 5.74) is 10.3. The van der Waals surface area contributed by atoms with Gasteiger partial charge in [-0.1, -0.05) is 73.7 Å². The Morgan fingerprint density at radius 1 is 0.800 bits per heavy atom. The summed E-state index contributed by atoms with van der Waals surface area (Å²) in [7, 11) is 0. The van der Waals surface area contributed by atoms with Gasteiger partial charge in [0, 0.05) is 40.5 Å². The van der Waals surface area contributed by atoms with Gasteiger partial charge in [-0.3, -0.25) is 14.5 Å². The summed E-state index contributed by atoms with van der Waals surface area (Å²) in [6.07, 6.45) is 19.0. The van der Waals surface area contributed by atoms with E-state index in [-0.39, 0.29) is 11.3 Å². The normalized spacial score (nSPS) is 22.9. The van der Waals surface area contributed by atoms with Gasteiger partial charge in [0.2, 0.25) is 0 Å². The number of pyridine rings is 3. The van der Waals surface area contributed by atoms with Crippen molar-refractivity contribution in [2.75, 3.05) is 0 Å². The maximum absolute atomic E-state index is 4.94. The highest BCUT2D eigenvalue weighted by atomic mass is 15.0. The lowest BCUT2D eigenvalue weighted by atomic mass is 9.49. The minimum absolute atomic E-state index is 0.241. The molecule has 4 aromatic heterocycles. The molecule has 9 rings (SSSR count). The van der Waals surface area contributed by atoms with Gasteiger partial charge in [-0.25, -0.2) is 4.98 Å². The van der Waals surface area contributed by atoms with Crippen LogP contribution in [-0.4, -0.2) is 19.5 Å². The van der Waals surface area contributed by atoms with Crippen molar-refractivity contribution >= 4 is 27.5 Å². The summed E-state index contributed by atoms with van der Waals surface area (Å²) >= 11 is 0. The van der Waals surface area contributed by atoms with E-state index >= 15 is 0 Å². The number of benzene rings is 2. The van der Waals surface area contributed by atoms with Crippen molar-refractivity contribution in [3.63, 3.8) is 0 Å². The van der Waals surface area contributed by atoms with E-state index in [4.69, 9.17) is 15.0 Å². The number of allylic oxidation sites excluding steroid dienone is 6. The molecule has 2 aromatic carbocycles. The van der Waals surface area contributed by atoms with E-state index in [0.29, 0.717) is 17.8 Å². The summed E-state index contributed by atoms with van der Waals surface area (Å²) in [6.45, 7) is 4.60. The van der Waals surface area contributed by atoms with Gasteiger partial charge < -0.3 is 0 Å². The Bertz CT molecular complexity index is 2160. The van der Waals surface area contributed by atoms with Crippen LogP contribution >= 0.6 is 0 Å². The van der Waals surface area contributed by atoms with Crippen LogP contribution in [0.5, 0.6) is 0 Å². The molecule has 4 unspecified atom stereocenters. The predicted molar refractivity (Wildman–Crippen MR) is 183 cm³/mol. The minimum atomic E-state index is -0.241. The fraction of sp³-hybridized carbons (Fsp3) is 0.195. The van der Waals surface area contributed by atoms with Gasteiger partial charge in [-0.15, -0.1) is 0 Å². The SMILES string of the molecule is C/C=C\C1C(C)CC2C=CC(c3ccc4c(c3)c3cccnc3n4-c3ccccc3)=CC2C12c1cccnc1-c1ncccc12. The smallest absolute Gasteiger partial charge is 0.145 e. The zero-order valence-corrected chi connectivity index (χ0v) is 25.5. The molecule has 6 aromatic rings. The Balaban J connectivity index is 1.26. The van der Waals surface area contributed by atoms with Crippen LogP contribution in [0.3, 0.4) is 0 Å². The second-order valence-corrected chi connectivity index (χ2v) is 12.9. The molecular weight excluding hydrogens is 548 g/mol. The van der Waals surface area contributed by atoms with Crippen LogP contribution in [0, 0.1) is 23.7 Å². The van der Waals surface area contributed by atoms with Crippen LogP contribution in [0.1, 0.15) is 37.0 Å². The summed E-state index contributed by atoms with van der Waals surface area (Å²) in [4.78, 5) is 14.7. The summed E-state index contributed by atoms with van der Waals surface area (Å²) in [6, 6.07) is 30.6. The molecular formula is C41H34N4. The third-order valence-corrected chi connectivity index (χ3v) is 10.7. The zero-order valence-electron chi connectivity index (χ0n) is 25.5. The average molecular weight is 583 g/mol. The molecule has 4 heteroatoms.